The molecule has 0 spiro atoms. The van der Waals surface area contributed by atoms with Crippen LogP contribution in [0.5, 0.6) is 5.75 Å². The number of hydrogen-bond donors (Lipinski definition) is 1. The number of carbonyl (C=O) groups excluding carboxylic acids is 1. The SMILES string of the molecule is COc1ccc(CN2CCc3nnc(CCNC(=O)c4ccco4)n3CC2)cc1. The number of methoxy groups -OCH3 is 1. The van der Waals surface area contributed by atoms with Crippen molar-refractivity contribution in [3.05, 3.63) is 65.6 Å². The molecule has 0 aliphatic carbocycles. The highest BCUT2D eigenvalue weighted by Gasteiger charge is 2.19. The van der Waals surface area contributed by atoms with Gasteiger partial charge in [-0.25, -0.2) is 0 Å². The first kappa shape index (κ1) is 19.2. The quantitative estimate of drug-likeness (QED) is 0.658. The lowest BCUT2D eigenvalue weighted by Gasteiger charge is -2.19. The van der Waals surface area contributed by atoms with Gasteiger partial charge in [-0.2, -0.15) is 0 Å². The van der Waals surface area contributed by atoms with Crippen molar-refractivity contribution in [1.29, 1.82) is 0 Å². The Bertz CT molecular complexity index is 934. The lowest BCUT2D eigenvalue weighted by atomic mass is 10.2. The fraction of sp³-hybridized carbons (Fsp3) is 0.381. The van der Waals surface area contributed by atoms with Gasteiger partial charge in [-0.05, 0) is 29.8 Å². The number of nitrogens with one attached hydrogen (secondary N) is 1. The number of rotatable bonds is 7. The summed E-state index contributed by atoms with van der Waals surface area (Å²) >= 11 is 0. The second-order valence-electron chi connectivity index (χ2n) is 7.04. The Morgan fingerprint density at radius 3 is 2.79 bits per heavy atom. The summed E-state index contributed by atoms with van der Waals surface area (Å²) in [5.74, 6) is 2.90. The van der Waals surface area contributed by atoms with Crippen molar-refractivity contribution in [3.8, 4) is 5.75 Å². The van der Waals surface area contributed by atoms with Gasteiger partial charge in [0, 0.05) is 45.6 Å². The van der Waals surface area contributed by atoms with Crippen LogP contribution in [-0.4, -0.2) is 52.3 Å². The predicted molar refractivity (Wildman–Crippen MR) is 107 cm³/mol. The molecule has 0 bridgehead atoms. The maximum Gasteiger partial charge on any atom is 0.286 e. The maximum absolute atomic E-state index is 12.0. The number of hydrogen-bond acceptors (Lipinski definition) is 6. The van der Waals surface area contributed by atoms with Crippen molar-refractivity contribution >= 4 is 5.91 Å². The third-order valence-electron chi connectivity index (χ3n) is 5.14. The largest absolute Gasteiger partial charge is 0.497 e. The first-order chi connectivity index (χ1) is 14.2. The lowest BCUT2D eigenvalue weighted by molar-refractivity contribution is 0.0926. The minimum absolute atomic E-state index is 0.212. The minimum atomic E-state index is -0.212. The smallest absolute Gasteiger partial charge is 0.286 e. The molecule has 3 aromatic rings. The van der Waals surface area contributed by atoms with Gasteiger partial charge in [0.1, 0.15) is 17.4 Å². The fourth-order valence-corrected chi connectivity index (χ4v) is 3.54. The van der Waals surface area contributed by atoms with Crippen LogP contribution in [0, 0.1) is 0 Å². The van der Waals surface area contributed by atoms with Crippen LogP contribution in [0.15, 0.2) is 47.1 Å². The number of furan rings is 1. The predicted octanol–water partition coefficient (Wildman–Crippen LogP) is 1.91. The number of carbonyl (C=O) groups is 1. The Balaban J connectivity index is 1.31. The van der Waals surface area contributed by atoms with E-state index in [1.165, 1.54) is 11.8 Å². The average Bonchev–Trinajstić information content (AvgIpc) is 3.37. The Labute approximate surface area is 169 Å². The second kappa shape index (κ2) is 8.91. The molecule has 0 saturated heterocycles. The molecule has 4 rings (SSSR count). The molecular formula is C21H25N5O3. The van der Waals surface area contributed by atoms with E-state index in [0.717, 1.165) is 50.0 Å². The van der Waals surface area contributed by atoms with Crippen LogP contribution in [0.25, 0.3) is 0 Å². The summed E-state index contributed by atoms with van der Waals surface area (Å²) in [4.78, 5) is 14.4. The highest BCUT2D eigenvalue weighted by Crippen LogP contribution is 2.15. The van der Waals surface area contributed by atoms with E-state index in [4.69, 9.17) is 9.15 Å². The standard InChI is InChI=1S/C21H25N5O3/c1-28-17-6-4-16(5-7-17)15-25-11-9-20-24-23-19(26(20)13-12-25)8-10-22-21(27)18-3-2-14-29-18/h2-7,14H,8-13,15H2,1H3,(H,22,27). The minimum Gasteiger partial charge on any atom is -0.497 e. The molecule has 3 heterocycles. The molecule has 0 atom stereocenters. The van der Waals surface area contributed by atoms with Gasteiger partial charge in [-0.15, -0.1) is 10.2 Å². The Morgan fingerprint density at radius 1 is 1.17 bits per heavy atom. The third kappa shape index (κ3) is 4.65. The lowest BCUT2D eigenvalue weighted by Crippen LogP contribution is -2.28. The van der Waals surface area contributed by atoms with Gasteiger partial charge in [-0.1, -0.05) is 12.1 Å². The highest BCUT2D eigenvalue weighted by atomic mass is 16.5. The molecule has 1 aliphatic heterocycles. The van der Waals surface area contributed by atoms with Crippen LogP contribution in [0.1, 0.15) is 27.8 Å². The van der Waals surface area contributed by atoms with Crippen molar-refractivity contribution < 1.29 is 13.9 Å². The summed E-state index contributed by atoms with van der Waals surface area (Å²) in [6.07, 6.45) is 2.99. The van der Waals surface area contributed by atoms with Crippen LogP contribution < -0.4 is 10.1 Å². The zero-order chi connectivity index (χ0) is 20.1. The first-order valence-electron chi connectivity index (χ1n) is 9.81. The number of fused-ring (bicyclic) bond motifs is 1. The van der Waals surface area contributed by atoms with Gasteiger partial charge >= 0.3 is 0 Å². The Hall–Kier alpha value is -3.13. The van der Waals surface area contributed by atoms with Crippen LogP contribution in [0.3, 0.4) is 0 Å². The molecule has 1 amide bonds. The van der Waals surface area contributed by atoms with Crippen molar-refractivity contribution in [2.75, 3.05) is 26.7 Å². The van der Waals surface area contributed by atoms with E-state index < -0.39 is 0 Å². The van der Waals surface area contributed by atoms with Crippen LogP contribution in [0.2, 0.25) is 0 Å². The van der Waals surface area contributed by atoms with Gasteiger partial charge in [0.2, 0.25) is 0 Å². The highest BCUT2D eigenvalue weighted by molar-refractivity contribution is 5.91. The van der Waals surface area contributed by atoms with Gasteiger partial charge in [0.05, 0.1) is 13.4 Å². The van der Waals surface area contributed by atoms with Gasteiger partial charge in [0.25, 0.3) is 5.91 Å². The summed E-state index contributed by atoms with van der Waals surface area (Å²) in [7, 11) is 1.68. The molecule has 1 N–H and O–H groups in total. The fourth-order valence-electron chi connectivity index (χ4n) is 3.54. The molecule has 0 fully saturated rings. The summed E-state index contributed by atoms with van der Waals surface area (Å²) in [6, 6.07) is 11.6. The number of benzene rings is 1. The van der Waals surface area contributed by atoms with Gasteiger partial charge < -0.3 is 19.0 Å². The molecule has 8 heteroatoms. The van der Waals surface area contributed by atoms with Gasteiger partial charge in [-0.3, -0.25) is 9.69 Å². The van der Waals surface area contributed by atoms with E-state index in [0.29, 0.717) is 18.7 Å². The molecule has 0 unspecified atom stereocenters. The molecule has 152 valence electrons. The van der Waals surface area contributed by atoms with E-state index in [-0.39, 0.29) is 5.91 Å². The summed E-state index contributed by atoms with van der Waals surface area (Å²) < 4.78 is 12.5. The van der Waals surface area contributed by atoms with E-state index in [2.05, 4.69) is 37.1 Å². The monoisotopic (exact) mass is 395 g/mol. The second-order valence-corrected chi connectivity index (χ2v) is 7.04. The zero-order valence-corrected chi connectivity index (χ0v) is 16.5. The van der Waals surface area contributed by atoms with E-state index in [1.807, 2.05) is 12.1 Å². The summed E-state index contributed by atoms with van der Waals surface area (Å²) in [5, 5.41) is 11.6. The zero-order valence-electron chi connectivity index (χ0n) is 16.5. The van der Waals surface area contributed by atoms with Crippen molar-refractivity contribution in [2.24, 2.45) is 0 Å². The molecule has 29 heavy (non-hydrogen) atoms. The Morgan fingerprint density at radius 2 is 2.03 bits per heavy atom. The van der Waals surface area contributed by atoms with Crippen LogP contribution >= 0.6 is 0 Å². The topological polar surface area (TPSA) is 85.4 Å². The number of amides is 1. The van der Waals surface area contributed by atoms with Crippen molar-refractivity contribution in [1.82, 2.24) is 25.0 Å². The summed E-state index contributed by atoms with van der Waals surface area (Å²) in [5.41, 5.74) is 1.27. The molecular weight excluding hydrogens is 370 g/mol. The average molecular weight is 395 g/mol. The number of nitrogens with zero attached hydrogens (tertiary/aromatic N) is 4. The molecule has 8 nitrogen and oxygen atoms in total. The molecule has 2 aromatic heterocycles. The van der Waals surface area contributed by atoms with Gasteiger partial charge in [0.15, 0.2) is 5.76 Å². The van der Waals surface area contributed by atoms with E-state index in [9.17, 15) is 4.79 Å². The van der Waals surface area contributed by atoms with E-state index >= 15 is 0 Å². The van der Waals surface area contributed by atoms with Crippen molar-refractivity contribution in [2.45, 2.75) is 25.9 Å². The van der Waals surface area contributed by atoms with Crippen molar-refractivity contribution in [3.63, 3.8) is 0 Å². The summed E-state index contributed by atoms with van der Waals surface area (Å²) in [6.45, 7) is 4.12. The third-order valence-corrected chi connectivity index (χ3v) is 5.14. The molecule has 1 aliphatic rings. The normalized spacial score (nSPS) is 14.2. The molecule has 0 radical (unpaired) electrons. The van der Waals surface area contributed by atoms with Crippen LogP contribution in [0.4, 0.5) is 0 Å². The molecule has 0 saturated carbocycles. The van der Waals surface area contributed by atoms with Crippen LogP contribution in [-0.2, 0) is 25.9 Å². The maximum atomic E-state index is 12.0. The molecule has 1 aromatic carbocycles. The number of ether oxygens (including phenoxy) is 1. The number of aromatic nitrogens is 3. The first-order valence-corrected chi connectivity index (χ1v) is 9.81. The van der Waals surface area contributed by atoms with E-state index in [1.54, 1.807) is 19.2 Å². The Kier molecular flexibility index (Phi) is 5.90.